The normalized spacial score (nSPS) is 21.2. The van der Waals surface area contributed by atoms with E-state index in [2.05, 4.69) is 10.3 Å². The Morgan fingerprint density at radius 3 is 2.71 bits per heavy atom. The van der Waals surface area contributed by atoms with Crippen molar-refractivity contribution in [2.75, 3.05) is 4.90 Å². The molecule has 5 nitrogen and oxygen atoms in total. The van der Waals surface area contributed by atoms with Crippen LogP contribution in [0.1, 0.15) is 6.92 Å². The van der Waals surface area contributed by atoms with Crippen LogP contribution < -0.4 is 10.2 Å². The second kappa shape index (κ2) is 3.10. The molecular formula is C9H9N3O2. The lowest BCUT2D eigenvalue weighted by molar-refractivity contribution is -0.118. The molecule has 0 spiro atoms. The molecular weight excluding hydrogens is 182 g/mol. The summed E-state index contributed by atoms with van der Waals surface area (Å²) in [4.78, 5) is 27.9. The number of nitrogens with zero attached hydrogens (tertiary/aromatic N) is 2. The minimum Gasteiger partial charge on any atom is -0.326 e. The van der Waals surface area contributed by atoms with Crippen LogP contribution in [-0.4, -0.2) is 23.0 Å². The highest BCUT2D eigenvalue weighted by Crippen LogP contribution is 2.15. The van der Waals surface area contributed by atoms with Crippen molar-refractivity contribution in [1.29, 1.82) is 0 Å². The van der Waals surface area contributed by atoms with Crippen LogP contribution in [0.25, 0.3) is 0 Å². The van der Waals surface area contributed by atoms with Crippen molar-refractivity contribution in [3.05, 3.63) is 24.4 Å². The van der Waals surface area contributed by atoms with E-state index in [-0.39, 0.29) is 5.91 Å². The van der Waals surface area contributed by atoms with Gasteiger partial charge < -0.3 is 5.32 Å². The van der Waals surface area contributed by atoms with E-state index in [0.717, 1.165) is 4.90 Å². The van der Waals surface area contributed by atoms with E-state index in [9.17, 15) is 9.59 Å². The largest absolute Gasteiger partial charge is 0.330 e. The highest BCUT2D eigenvalue weighted by Gasteiger charge is 2.36. The van der Waals surface area contributed by atoms with Crippen molar-refractivity contribution in [2.24, 2.45) is 0 Å². The molecule has 72 valence electrons. The van der Waals surface area contributed by atoms with Gasteiger partial charge in [-0.25, -0.2) is 14.7 Å². The van der Waals surface area contributed by atoms with Crippen LogP contribution in [0.4, 0.5) is 10.6 Å². The van der Waals surface area contributed by atoms with E-state index in [1.807, 2.05) is 0 Å². The van der Waals surface area contributed by atoms with Crippen molar-refractivity contribution in [2.45, 2.75) is 13.0 Å². The standard InChI is InChI=1S/C9H9N3O2/c1-6-8(13)12(9(14)11-6)7-4-2-3-5-10-7/h2-6H,1H3,(H,11,14). The van der Waals surface area contributed by atoms with E-state index in [0.29, 0.717) is 5.82 Å². The van der Waals surface area contributed by atoms with Gasteiger partial charge in [0.25, 0.3) is 5.91 Å². The smallest absolute Gasteiger partial charge is 0.326 e. The number of nitrogens with one attached hydrogen (secondary N) is 1. The Morgan fingerprint density at radius 1 is 1.43 bits per heavy atom. The summed E-state index contributed by atoms with van der Waals surface area (Å²) in [6.07, 6.45) is 1.54. The average molecular weight is 191 g/mol. The van der Waals surface area contributed by atoms with Crippen LogP contribution in [0.5, 0.6) is 0 Å². The molecule has 14 heavy (non-hydrogen) atoms. The maximum atomic E-state index is 11.5. The number of rotatable bonds is 1. The van der Waals surface area contributed by atoms with Crippen LogP contribution in [-0.2, 0) is 4.79 Å². The number of urea groups is 1. The van der Waals surface area contributed by atoms with Crippen LogP contribution in [0.3, 0.4) is 0 Å². The zero-order chi connectivity index (χ0) is 10.1. The molecule has 1 unspecified atom stereocenters. The highest BCUT2D eigenvalue weighted by molar-refractivity contribution is 6.20. The van der Waals surface area contributed by atoms with Crippen LogP contribution in [0, 0.1) is 0 Å². The van der Waals surface area contributed by atoms with Crippen LogP contribution >= 0.6 is 0 Å². The molecule has 2 rings (SSSR count). The highest BCUT2D eigenvalue weighted by atomic mass is 16.2. The van der Waals surface area contributed by atoms with Gasteiger partial charge in [0.2, 0.25) is 0 Å². The molecule has 2 heterocycles. The summed E-state index contributed by atoms with van der Waals surface area (Å²) in [7, 11) is 0. The number of aromatic nitrogens is 1. The van der Waals surface area contributed by atoms with Crippen molar-refractivity contribution in [3.63, 3.8) is 0 Å². The Morgan fingerprint density at radius 2 is 2.21 bits per heavy atom. The molecule has 1 aromatic heterocycles. The quantitative estimate of drug-likeness (QED) is 0.658. The van der Waals surface area contributed by atoms with E-state index < -0.39 is 12.1 Å². The first-order chi connectivity index (χ1) is 6.70. The lowest BCUT2D eigenvalue weighted by Crippen LogP contribution is -2.31. The number of hydrogen-bond donors (Lipinski definition) is 1. The molecule has 1 fully saturated rings. The molecule has 1 atom stereocenters. The number of hydrogen-bond acceptors (Lipinski definition) is 3. The fourth-order valence-corrected chi connectivity index (χ4v) is 1.31. The van der Waals surface area contributed by atoms with E-state index >= 15 is 0 Å². The molecule has 1 aliphatic rings. The first kappa shape index (κ1) is 8.68. The first-order valence-corrected chi connectivity index (χ1v) is 4.25. The zero-order valence-corrected chi connectivity index (χ0v) is 7.60. The number of carbonyl (C=O) groups excluding carboxylic acids is 2. The molecule has 0 aromatic carbocycles. The van der Waals surface area contributed by atoms with Gasteiger partial charge in [-0.15, -0.1) is 0 Å². The minimum atomic E-state index is -0.468. The molecule has 0 saturated carbocycles. The maximum absolute atomic E-state index is 11.5. The van der Waals surface area contributed by atoms with Crippen molar-refractivity contribution in [3.8, 4) is 0 Å². The van der Waals surface area contributed by atoms with E-state index in [1.54, 1.807) is 31.3 Å². The predicted molar refractivity (Wildman–Crippen MR) is 49.7 cm³/mol. The van der Waals surface area contributed by atoms with Crippen molar-refractivity contribution < 1.29 is 9.59 Å². The van der Waals surface area contributed by atoms with Gasteiger partial charge in [0.05, 0.1) is 0 Å². The Kier molecular flexibility index (Phi) is 1.92. The summed E-state index contributed by atoms with van der Waals surface area (Å²) in [6.45, 7) is 1.64. The van der Waals surface area contributed by atoms with Crippen molar-refractivity contribution in [1.82, 2.24) is 10.3 Å². The topological polar surface area (TPSA) is 62.3 Å². The van der Waals surface area contributed by atoms with Gasteiger partial charge in [-0.1, -0.05) is 6.07 Å². The third-order valence-electron chi connectivity index (χ3n) is 2.01. The van der Waals surface area contributed by atoms with E-state index in [1.165, 1.54) is 0 Å². The van der Waals surface area contributed by atoms with Gasteiger partial charge in [0, 0.05) is 6.20 Å². The molecule has 0 bridgehead atoms. The molecule has 1 aliphatic heterocycles. The second-order valence-corrected chi connectivity index (χ2v) is 3.03. The summed E-state index contributed by atoms with van der Waals surface area (Å²) in [6, 6.07) is 4.19. The Labute approximate surface area is 80.7 Å². The molecule has 1 aromatic rings. The van der Waals surface area contributed by atoms with Gasteiger partial charge in [0.1, 0.15) is 11.9 Å². The summed E-state index contributed by atoms with van der Waals surface area (Å²) < 4.78 is 0. The number of anilines is 1. The fraction of sp³-hybridized carbons (Fsp3) is 0.222. The van der Waals surface area contributed by atoms with Gasteiger partial charge in [-0.05, 0) is 19.1 Å². The van der Waals surface area contributed by atoms with Gasteiger partial charge in [-0.3, -0.25) is 4.79 Å². The summed E-state index contributed by atoms with van der Waals surface area (Å²) in [5.41, 5.74) is 0. The Hall–Kier alpha value is -1.91. The number of carbonyl (C=O) groups is 2. The molecule has 1 N–H and O–H groups in total. The lowest BCUT2D eigenvalue weighted by Gasteiger charge is -2.10. The number of imide groups is 1. The summed E-state index contributed by atoms with van der Waals surface area (Å²) in [5.74, 6) is 0.0908. The molecule has 3 amide bonds. The monoisotopic (exact) mass is 191 g/mol. The SMILES string of the molecule is CC1NC(=O)N(c2ccccn2)C1=O. The fourth-order valence-electron chi connectivity index (χ4n) is 1.31. The molecule has 0 aliphatic carbocycles. The van der Waals surface area contributed by atoms with Gasteiger partial charge >= 0.3 is 6.03 Å². The third kappa shape index (κ3) is 1.22. The summed E-state index contributed by atoms with van der Waals surface area (Å²) >= 11 is 0. The van der Waals surface area contributed by atoms with Gasteiger partial charge in [0.15, 0.2) is 0 Å². The first-order valence-electron chi connectivity index (χ1n) is 4.25. The van der Waals surface area contributed by atoms with Crippen LogP contribution in [0.2, 0.25) is 0 Å². The van der Waals surface area contributed by atoms with Crippen LogP contribution in [0.15, 0.2) is 24.4 Å². The minimum absolute atomic E-state index is 0.270. The van der Waals surface area contributed by atoms with Gasteiger partial charge in [-0.2, -0.15) is 0 Å². The maximum Gasteiger partial charge on any atom is 0.330 e. The second-order valence-electron chi connectivity index (χ2n) is 3.03. The van der Waals surface area contributed by atoms with Crippen molar-refractivity contribution >= 4 is 17.8 Å². The number of amides is 3. The van der Waals surface area contributed by atoms with E-state index in [4.69, 9.17) is 0 Å². The summed E-state index contributed by atoms with van der Waals surface area (Å²) in [5, 5.41) is 2.51. The molecule has 1 saturated heterocycles. The number of pyridine rings is 1. The predicted octanol–water partition coefficient (Wildman–Crippen LogP) is 0.526. The zero-order valence-electron chi connectivity index (χ0n) is 7.60. The Balaban J connectivity index is 2.36. The third-order valence-corrected chi connectivity index (χ3v) is 2.01. The molecule has 0 radical (unpaired) electrons. The average Bonchev–Trinajstić information content (AvgIpc) is 2.43. The Bertz CT molecular complexity index is 377. The lowest BCUT2D eigenvalue weighted by atomic mass is 10.3. The molecule has 5 heteroatoms.